The first kappa shape index (κ1) is 20.4. The number of amides is 1. The van der Waals surface area contributed by atoms with Crippen molar-refractivity contribution in [2.45, 2.75) is 0 Å². The van der Waals surface area contributed by atoms with E-state index in [0.717, 1.165) is 11.2 Å². The van der Waals surface area contributed by atoms with Crippen LogP contribution in [-0.2, 0) is 0 Å². The van der Waals surface area contributed by atoms with Gasteiger partial charge in [-0.25, -0.2) is 4.98 Å². The number of para-hydroxylation sites is 1. The predicted octanol–water partition coefficient (Wildman–Crippen LogP) is 2.76. The third-order valence-corrected chi connectivity index (χ3v) is 5.85. The topological polar surface area (TPSA) is 56.1 Å². The molecule has 2 aromatic carbocycles. The van der Waals surface area contributed by atoms with Crippen molar-refractivity contribution in [1.82, 2.24) is 4.98 Å². The molecule has 0 saturated heterocycles. The van der Waals surface area contributed by atoms with Gasteiger partial charge in [-0.05, 0) is 24.3 Å². The van der Waals surface area contributed by atoms with Gasteiger partial charge in [-0.3, -0.25) is 9.69 Å². The van der Waals surface area contributed by atoms with Gasteiger partial charge in [0.25, 0.3) is 5.91 Å². The molecule has 1 amide bonds. The first-order valence-electron chi connectivity index (χ1n) is 8.83. The summed E-state index contributed by atoms with van der Waals surface area (Å²) in [4.78, 5) is 21.0. The minimum Gasteiger partial charge on any atom is -0.496 e. The van der Waals surface area contributed by atoms with Gasteiger partial charge < -0.3 is 14.4 Å². The Morgan fingerprint density at radius 2 is 1.86 bits per heavy atom. The molecule has 1 aromatic heterocycles. The summed E-state index contributed by atoms with van der Waals surface area (Å²) in [6, 6.07) is 10.8. The molecule has 0 atom stereocenters. The number of ether oxygens (including phenoxy) is 2. The fourth-order valence-electron chi connectivity index (χ4n) is 2.81. The lowest BCUT2D eigenvalue weighted by Gasteiger charge is -2.21. The molecule has 0 aliphatic heterocycles. The lowest BCUT2D eigenvalue weighted by molar-refractivity contribution is -0.856. The smallest absolute Gasteiger partial charge is 0.264 e. The molecule has 3 rings (SSSR count). The Balaban J connectivity index is 2.09. The Kier molecular flexibility index (Phi) is 6.39. The molecule has 0 spiro atoms. The Morgan fingerprint density at radius 1 is 1.14 bits per heavy atom. The highest BCUT2D eigenvalue weighted by molar-refractivity contribution is 7.23. The van der Waals surface area contributed by atoms with Crippen molar-refractivity contribution < 1.29 is 19.2 Å². The average Bonchev–Trinajstić information content (AvgIpc) is 3.14. The van der Waals surface area contributed by atoms with Crippen LogP contribution in [0.4, 0.5) is 5.13 Å². The molecule has 6 nitrogen and oxygen atoms in total. The first-order valence-corrected chi connectivity index (χ1v) is 10.0. The van der Waals surface area contributed by atoms with Gasteiger partial charge in [-0.2, -0.15) is 0 Å². The van der Waals surface area contributed by atoms with Crippen molar-refractivity contribution in [3.63, 3.8) is 0 Å². The lowest BCUT2D eigenvalue weighted by atomic mass is 10.1. The maximum atomic E-state index is 13.4. The second-order valence-electron chi connectivity index (χ2n) is 6.54. The number of likely N-dealkylation sites (N-methyl/N-ethyl adjacent to an activating group) is 1. The molecule has 0 unspecified atom stereocenters. The van der Waals surface area contributed by atoms with Crippen molar-refractivity contribution in [2.75, 3.05) is 46.3 Å². The largest absolute Gasteiger partial charge is 0.496 e. The third kappa shape index (κ3) is 4.06. The number of thiazole rings is 1. The molecule has 28 heavy (non-hydrogen) atoms. The summed E-state index contributed by atoms with van der Waals surface area (Å²) in [5.41, 5.74) is 1.15. The highest BCUT2D eigenvalue weighted by atomic mass is 35.5. The number of methoxy groups -OCH3 is 2. The van der Waals surface area contributed by atoms with E-state index in [2.05, 4.69) is 4.98 Å². The zero-order chi connectivity index (χ0) is 20.3. The summed E-state index contributed by atoms with van der Waals surface area (Å²) in [6.07, 6.45) is 0. The van der Waals surface area contributed by atoms with Crippen molar-refractivity contribution >= 4 is 44.2 Å². The molecule has 0 saturated carbocycles. The monoisotopic (exact) mass is 420 g/mol. The minimum atomic E-state index is -0.159. The fourth-order valence-corrected chi connectivity index (χ4v) is 4.09. The second kappa shape index (κ2) is 8.77. The van der Waals surface area contributed by atoms with Crippen LogP contribution in [-0.4, -0.2) is 52.3 Å². The Labute approximate surface area is 173 Å². The van der Waals surface area contributed by atoms with Gasteiger partial charge >= 0.3 is 0 Å². The molecule has 0 fully saturated rings. The number of fused-ring (bicyclic) bond motifs is 1. The van der Waals surface area contributed by atoms with Crippen LogP contribution in [0.15, 0.2) is 36.4 Å². The number of hydrogen-bond donors (Lipinski definition) is 1. The molecule has 1 heterocycles. The molecule has 0 aliphatic rings. The molecular formula is C20H23ClN3O3S+. The van der Waals surface area contributed by atoms with Gasteiger partial charge in [0.15, 0.2) is 5.13 Å². The van der Waals surface area contributed by atoms with E-state index in [-0.39, 0.29) is 5.91 Å². The fraction of sp³-hybridized carbons (Fsp3) is 0.300. The van der Waals surface area contributed by atoms with E-state index in [0.29, 0.717) is 39.3 Å². The molecule has 0 radical (unpaired) electrons. The summed E-state index contributed by atoms with van der Waals surface area (Å²) in [6.45, 7) is 1.28. The number of quaternary nitrogens is 1. The van der Waals surface area contributed by atoms with E-state index in [1.54, 1.807) is 43.4 Å². The van der Waals surface area contributed by atoms with Crippen LogP contribution in [0.3, 0.4) is 0 Å². The minimum absolute atomic E-state index is 0.159. The maximum Gasteiger partial charge on any atom is 0.264 e. The number of anilines is 1. The predicted molar refractivity (Wildman–Crippen MR) is 114 cm³/mol. The van der Waals surface area contributed by atoms with E-state index in [9.17, 15) is 4.79 Å². The number of nitrogens with one attached hydrogen (secondary N) is 1. The van der Waals surface area contributed by atoms with Crippen molar-refractivity contribution in [3.8, 4) is 11.5 Å². The molecular weight excluding hydrogens is 398 g/mol. The highest BCUT2D eigenvalue weighted by Crippen LogP contribution is 2.39. The van der Waals surface area contributed by atoms with Crippen LogP contribution in [0, 0.1) is 0 Å². The van der Waals surface area contributed by atoms with Gasteiger partial charge in [0.2, 0.25) is 0 Å². The van der Waals surface area contributed by atoms with Gasteiger partial charge in [-0.15, -0.1) is 0 Å². The summed E-state index contributed by atoms with van der Waals surface area (Å²) >= 11 is 7.74. The van der Waals surface area contributed by atoms with Gasteiger partial charge in [0.05, 0.1) is 56.7 Å². The summed E-state index contributed by atoms with van der Waals surface area (Å²) in [5, 5.41) is 1.17. The van der Waals surface area contributed by atoms with E-state index in [1.807, 2.05) is 26.2 Å². The maximum absolute atomic E-state index is 13.4. The van der Waals surface area contributed by atoms with Crippen LogP contribution >= 0.6 is 22.9 Å². The number of aromatic nitrogens is 1. The van der Waals surface area contributed by atoms with E-state index >= 15 is 0 Å². The van der Waals surface area contributed by atoms with E-state index in [4.69, 9.17) is 21.1 Å². The SMILES string of the molecule is COc1ccccc1C(=O)N(CC[NH+](C)C)c1nc2c(OC)ccc(Cl)c2s1. The number of carbonyl (C=O) groups is 1. The Morgan fingerprint density at radius 3 is 2.54 bits per heavy atom. The third-order valence-electron chi connectivity index (χ3n) is 4.32. The molecule has 8 heteroatoms. The normalized spacial score (nSPS) is 11.1. The quantitative estimate of drug-likeness (QED) is 0.638. The Bertz CT molecular complexity index is 990. The molecule has 0 aliphatic carbocycles. The molecule has 148 valence electrons. The number of carbonyl (C=O) groups excluding carboxylic acids is 1. The van der Waals surface area contributed by atoms with Crippen molar-refractivity contribution in [1.29, 1.82) is 0 Å². The standard InChI is InChI=1S/C20H22ClN3O3S/c1-23(2)11-12-24(19(25)13-7-5-6-8-15(13)26-3)20-22-17-16(27-4)10-9-14(21)18(17)28-20/h5-10H,11-12H2,1-4H3/p+1. The number of benzene rings is 2. The zero-order valence-corrected chi connectivity index (χ0v) is 17.9. The second-order valence-corrected chi connectivity index (χ2v) is 7.92. The average molecular weight is 421 g/mol. The molecule has 1 N–H and O–H groups in total. The van der Waals surface area contributed by atoms with Gasteiger partial charge in [-0.1, -0.05) is 35.1 Å². The summed E-state index contributed by atoms with van der Waals surface area (Å²) in [7, 11) is 7.24. The first-order chi connectivity index (χ1) is 13.5. The van der Waals surface area contributed by atoms with Gasteiger partial charge in [0.1, 0.15) is 17.0 Å². The highest BCUT2D eigenvalue weighted by Gasteiger charge is 2.25. The van der Waals surface area contributed by atoms with Crippen LogP contribution in [0.2, 0.25) is 5.02 Å². The number of hydrogen-bond acceptors (Lipinski definition) is 5. The number of rotatable bonds is 7. The van der Waals surface area contributed by atoms with Gasteiger partial charge in [0, 0.05) is 0 Å². The number of halogens is 1. The van der Waals surface area contributed by atoms with E-state index < -0.39 is 0 Å². The van der Waals surface area contributed by atoms with Crippen LogP contribution < -0.4 is 19.3 Å². The molecule has 3 aromatic rings. The van der Waals surface area contributed by atoms with Crippen molar-refractivity contribution in [2.24, 2.45) is 0 Å². The van der Waals surface area contributed by atoms with Crippen LogP contribution in [0.5, 0.6) is 11.5 Å². The van der Waals surface area contributed by atoms with Crippen molar-refractivity contribution in [3.05, 3.63) is 47.0 Å². The van der Waals surface area contributed by atoms with Crippen LogP contribution in [0.25, 0.3) is 10.2 Å². The van der Waals surface area contributed by atoms with E-state index in [1.165, 1.54) is 16.2 Å². The Hall–Kier alpha value is -2.35. The summed E-state index contributed by atoms with van der Waals surface area (Å²) in [5.74, 6) is 1.00. The number of nitrogens with zero attached hydrogens (tertiary/aromatic N) is 2. The molecule has 0 bridgehead atoms. The van der Waals surface area contributed by atoms with Crippen LogP contribution in [0.1, 0.15) is 10.4 Å². The zero-order valence-electron chi connectivity index (χ0n) is 16.3. The summed E-state index contributed by atoms with van der Waals surface area (Å²) < 4.78 is 11.6. The lowest BCUT2D eigenvalue weighted by Crippen LogP contribution is -3.06.